The molecule has 0 heterocycles. The first-order valence-corrected chi connectivity index (χ1v) is 8.17. The minimum absolute atomic E-state index is 0.0614. The van der Waals surface area contributed by atoms with E-state index in [2.05, 4.69) is 20.3 Å². The lowest BCUT2D eigenvalue weighted by atomic mass is 10.3. The molecule has 0 fully saturated rings. The lowest BCUT2D eigenvalue weighted by molar-refractivity contribution is -0.111. The second-order valence-electron chi connectivity index (χ2n) is 3.63. The van der Waals surface area contributed by atoms with Crippen molar-refractivity contribution in [1.29, 1.82) is 0 Å². The van der Waals surface area contributed by atoms with Gasteiger partial charge in [0.15, 0.2) is 0 Å². The van der Waals surface area contributed by atoms with Gasteiger partial charge < -0.3 is 5.32 Å². The molecule has 0 aromatic heterocycles. The van der Waals surface area contributed by atoms with Gasteiger partial charge in [-0.25, -0.2) is 0 Å². The molecule has 0 bridgehead atoms. The van der Waals surface area contributed by atoms with Crippen LogP contribution in [-0.2, 0) is 33.4 Å². The first-order valence-electron chi connectivity index (χ1n) is 5.36. The van der Waals surface area contributed by atoms with E-state index in [4.69, 9.17) is 0 Å². The van der Waals surface area contributed by atoms with Crippen molar-refractivity contribution in [2.75, 3.05) is 19.5 Å². The number of benzene rings is 1. The SMILES string of the molecule is C=CC(=O)Nc1cc(S(=O)(=O)OC)cc(S(=O)(=O)OC)c1. The zero-order chi connectivity index (χ0) is 16.3. The average molecular weight is 335 g/mol. The first-order chi connectivity index (χ1) is 9.66. The van der Waals surface area contributed by atoms with Gasteiger partial charge in [-0.3, -0.25) is 13.2 Å². The summed E-state index contributed by atoms with van der Waals surface area (Å²) in [7, 11) is -6.45. The van der Waals surface area contributed by atoms with Crippen molar-refractivity contribution in [1.82, 2.24) is 0 Å². The van der Waals surface area contributed by atoms with Gasteiger partial charge in [-0.2, -0.15) is 16.8 Å². The standard InChI is InChI=1S/C11H13NO7S2/c1-4-11(13)12-8-5-9(20(14,15)18-2)7-10(6-8)21(16,17)19-3/h4-7H,1H2,2-3H3,(H,12,13). The Morgan fingerprint density at radius 2 is 1.48 bits per heavy atom. The highest BCUT2D eigenvalue weighted by Crippen LogP contribution is 2.24. The third kappa shape index (κ3) is 4.11. The quantitative estimate of drug-likeness (QED) is 0.594. The molecule has 1 aromatic carbocycles. The van der Waals surface area contributed by atoms with Crippen molar-refractivity contribution < 1.29 is 30.0 Å². The Morgan fingerprint density at radius 1 is 1.05 bits per heavy atom. The minimum atomic E-state index is -4.15. The molecule has 0 radical (unpaired) electrons. The van der Waals surface area contributed by atoms with Crippen LogP contribution in [0.25, 0.3) is 0 Å². The molecule has 1 N–H and O–H groups in total. The van der Waals surface area contributed by atoms with Crippen LogP contribution in [0.2, 0.25) is 0 Å². The van der Waals surface area contributed by atoms with Gasteiger partial charge in [-0.15, -0.1) is 0 Å². The molecule has 21 heavy (non-hydrogen) atoms. The third-order valence-electron chi connectivity index (χ3n) is 2.35. The van der Waals surface area contributed by atoms with Crippen LogP contribution in [-0.4, -0.2) is 37.0 Å². The summed E-state index contributed by atoms with van der Waals surface area (Å²) >= 11 is 0. The third-order valence-corrected chi connectivity index (χ3v) is 4.85. The molecule has 0 saturated heterocycles. The number of rotatable bonds is 6. The Balaban J connectivity index is 3.54. The first kappa shape index (κ1) is 17.3. The molecule has 116 valence electrons. The molecule has 10 heteroatoms. The van der Waals surface area contributed by atoms with Crippen molar-refractivity contribution in [2.24, 2.45) is 0 Å². The summed E-state index contributed by atoms with van der Waals surface area (Å²) < 4.78 is 55.4. The number of anilines is 1. The summed E-state index contributed by atoms with van der Waals surface area (Å²) in [6.07, 6.45) is 0.946. The predicted octanol–water partition coefficient (Wildman–Crippen LogP) is 0.481. The molecular formula is C11H13NO7S2. The lowest BCUT2D eigenvalue weighted by Crippen LogP contribution is -2.12. The molecule has 1 amide bonds. The molecule has 1 rings (SSSR count). The second kappa shape index (κ2) is 6.35. The Kier molecular flexibility index (Phi) is 5.23. The van der Waals surface area contributed by atoms with Crippen molar-refractivity contribution in [3.05, 3.63) is 30.9 Å². The van der Waals surface area contributed by atoms with Crippen LogP contribution in [0, 0.1) is 0 Å². The summed E-state index contributed by atoms with van der Waals surface area (Å²) in [4.78, 5) is 10.4. The van der Waals surface area contributed by atoms with E-state index >= 15 is 0 Å². The normalized spacial score (nSPS) is 11.9. The van der Waals surface area contributed by atoms with Gasteiger partial charge in [0.1, 0.15) is 0 Å². The van der Waals surface area contributed by atoms with Crippen molar-refractivity contribution in [3.63, 3.8) is 0 Å². The number of hydrogen-bond donors (Lipinski definition) is 1. The van der Waals surface area contributed by atoms with E-state index in [1.54, 1.807) is 0 Å². The minimum Gasteiger partial charge on any atom is -0.322 e. The predicted molar refractivity (Wildman–Crippen MR) is 73.7 cm³/mol. The zero-order valence-corrected chi connectivity index (χ0v) is 12.8. The number of carbonyl (C=O) groups is 1. The summed E-state index contributed by atoms with van der Waals surface area (Å²) in [6, 6.07) is 2.96. The smallest absolute Gasteiger partial charge is 0.296 e. The van der Waals surface area contributed by atoms with Crippen molar-refractivity contribution in [3.8, 4) is 0 Å². The van der Waals surface area contributed by atoms with E-state index in [-0.39, 0.29) is 5.69 Å². The Hall–Kier alpha value is -1.75. The Bertz CT molecular complexity index is 714. The average Bonchev–Trinajstić information content (AvgIpc) is 2.46. The fraction of sp³-hybridized carbons (Fsp3) is 0.182. The second-order valence-corrected chi connectivity index (χ2v) is 7.05. The lowest BCUT2D eigenvalue weighted by Gasteiger charge is -2.09. The topological polar surface area (TPSA) is 116 Å². The maximum Gasteiger partial charge on any atom is 0.296 e. The highest BCUT2D eigenvalue weighted by molar-refractivity contribution is 7.87. The molecule has 0 aliphatic heterocycles. The summed E-state index contributed by atoms with van der Waals surface area (Å²) in [5.74, 6) is -0.636. The highest BCUT2D eigenvalue weighted by Gasteiger charge is 2.21. The summed E-state index contributed by atoms with van der Waals surface area (Å²) in [5, 5.41) is 2.27. The van der Waals surface area contributed by atoms with E-state index in [0.29, 0.717) is 0 Å². The van der Waals surface area contributed by atoms with Gasteiger partial charge in [0.25, 0.3) is 20.2 Å². The van der Waals surface area contributed by atoms with Gasteiger partial charge in [0, 0.05) is 5.69 Å². The van der Waals surface area contributed by atoms with Gasteiger partial charge in [-0.1, -0.05) is 6.58 Å². The van der Waals surface area contributed by atoms with Crippen molar-refractivity contribution >= 4 is 31.8 Å². The molecule has 0 aliphatic carbocycles. The van der Waals surface area contributed by atoms with E-state index in [0.717, 1.165) is 38.5 Å². The van der Waals surface area contributed by atoms with Crippen molar-refractivity contribution in [2.45, 2.75) is 9.79 Å². The molecule has 0 unspecified atom stereocenters. The van der Waals surface area contributed by atoms with E-state index < -0.39 is 35.9 Å². The molecular weight excluding hydrogens is 322 g/mol. The van der Waals surface area contributed by atoms with Crippen LogP contribution >= 0.6 is 0 Å². The highest BCUT2D eigenvalue weighted by atomic mass is 32.2. The van der Waals surface area contributed by atoms with Crippen LogP contribution in [0.15, 0.2) is 40.6 Å². The maximum atomic E-state index is 11.7. The number of amides is 1. The molecule has 0 saturated carbocycles. The van der Waals surface area contributed by atoms with Gasteiger partial charge in [0.2, 0.25) is 5.91 Å². The molecule has 0 atom stereocenters. The number of nitrogens with one attached hydrogen (secondary N) is 1. The van der Waals surface area contributed by atoms with Crippen LogP contribution in [0.1, 0.15) is 0 Å². The van der Waals surface area contributed by atoms with Gasteiger partial charge >= 0.3 is 0 Å². The number of hydrogen-bond acceptors (Lipinski definition) is 7. The largest absolute Gasteiger partial charge is 0.322 e. The zero-order valence-electron chi connectivity index (χ0n) is 11.2. The van der Waals surface area contributed by atoms with Crippen LogP contribution in [0.4, 0.5) is 5.69 Å². The van der Waals surface area contributed by atoms with Gasteiger partial charge in [0.05, 0.1) is 24.0 Å². The van der Waals surface area contributed by atoms with Crippen LogP contribution in [0.5, 0.6) is 0 Å². The molecule has 8 nitrogen and oxygen atoms in total. The molecule has 0 aliphatic rings. The van der Waals surface area contributed by atoms with E-state index in [1.165, 1.54) is 0 Å². The summed E-state index contributed by atoms with van der Waals surface area (Å²) in [5.41, 5.74) is -0.0614. The van der Waals surface area contributed by atoms with Crippen LogP contribution in [0.3, 0.4) is 0 Å². The fourth-order valence-corrected chi connectivity index (χ4v) is 2.86. The maximum absolute atomic E-state index is 11.7. The number of carbonyl (C=O) groups excluding carboxylic acids is 1. The van der Waals surface area contributed by atoms with E-state index in [1.807, 2.05) is 0 Å². The Labute approximate surface area is 122 Å². The van der Waals surface area contributed by atoms with Crippen LogP contribution < -0.4 is 5.32 Å². The molecule has 0 spiro atoms. The molecule has 1 aromatic rings. The van der Waals surface area contributed by atoms with E-state index in [9.17, 15) is 21.6 Å². The van der Waals surface area contributed by atoms with Gasteiger partial charge in [-0.05, 0) is 24.3 Å². The monoisotopic (exact) mass is 335 g/mol. The Morgan fingerprint density at radius 3 is 1.81 bits per heavy atom. The fourth-order valence-electron chi connectivity index (χ4n) is 1.32. The summed E-state index contributed by atoms with van der Waals surface area (Å²) in [6.45, 7) is 3.23.